The van der Waals surface area contributed by atoms with Crippen LogP contribution in [0.25, 0.3) is 0 Å². The largest absolute Gasteiger partial charge is 0.479 e. The molecule has 0 saturated carbocycles. The Morgan fingerprint density at radius 2 is 1.40 bits per heavy atom. The number of carbonyl (C=O) groups is 1. The van der Waals surface area contributed by atoms with Gasteiger partial charge in [-0.1, -0.05) is 0 Å². The van der Waals surface area contributed by atoms with Crippen LogP contribution >= 0.6 is 0 Å². The normalized spacial score (nSPS) is 21.5. The predicted molar refractivity (Wildman–Crippen MR) is 44.8 cm³/mol. The van der Waals surface area contributed by atoms with E-state index in [1.54, 1.807) is 0 Å². The van der Waals surface area contributed by atoms with Crippen LogP contribution in [-0.2, 0) is 4.79 Å². The van der Waals surface area contributed by atoms with Gasteiger partial charge in [0, 0.05) is 0 Å². The average molecular weight is 226 g/mol. The fraction of sp³-hybridized carbons (Fsp3) is 0.857. The molecule has 7 N–H and O–H groups in total. The molecule has 0 spiro atoms. The van der Waals surface area contributed by atoms with E-state index < -0.39 is 43.1 Å². The van der Waals surface area contributed by atoms with E-state index in [9.17, 15) is 4.79 Å². The fourth-order valence-electron chi connectivity index (χ4n) is 0.870. The standard InChI is InChI=1S/C7H14O8/c8-1-2(9)3(10)4(11)5(12)6(13)7(14)15/h2-6,8-13H,1H2,(H,14,15)/t2-,3+,4+,5+,6+/m1/s1. The highest BCUT2D eigenvalue weighted by Crippen LogP contribution is 2.08. The Labute approximate surface area is 84.7 Å². The Kier molecular flexibility index (Phi) is 5.65. The van der Waals surface area contributed by atoms with E-state index in [0.29, 0.717) is 0 Å². The van der Waals surface area contributed by atoms with Gasteiger partial charge in [0.1, 0.15) is 24.4 Å². The molecule has 0 unspecified atom stereocenters. The molecule has 0 aromatic rings. The third kappa shape index (κ3) is 3.70. The molecule has 90 valence electrons. The lowest BCUT2D eigenvalue weighted by Gasteiger charge is -2.26. The Balaban J connectivity index is 4.42. The summed E-state index contributed by atoms with van der Waals surface area (Å²) in [5.74, 6) is -1.78. The van der Waals surface area contributed by atoms with Crippen molar-refractivity contribution >= 4 is 5.97 Å². The molecule has 15 heavy (non-hydrogen) atoms. The van der Waals surface area contributed by atoms with E-state index in [0.717, 1.165) is 0 Å². The maximum absolute atomic E-state index is 10.2. The first kappa shape index (κ1) is 14.2. The first-order valence-corrected chi connectivity index (χ1v) is 4.07. The van der Waals surface area contributed by atoms with Crippen molar-refractivity contribution in [3.05, 3.63) is 0 Å². The molecule has 0 aliphatic carbocycles. The molecule has 0 fully saturated rings. The number of hydrogen-bond acceptors (Lipinski definition) is 7. The summed E-state index contributed by atoms with van der Waals surface area (Å²) in [6.45, 7) is -0.881. The van der Waals surface area contributed by atoms with E-state index in [4.69, 9.17) is 35.7 Å². The van der Waals surface area contributed by atoms with Gasteiger partial charge in [0.2, 0.25) is 0 Å². The second-order valence-corrected chi connectivity index (χ2v) is 3.00. The Morgan fingerprint density at radius 1 is 0.933 bits per heavy atom. The van der Waals surface area contributed by atoms with Crippen molar-refractivity contribution in [2.45, 2.75) is 30.5 Å². The molecule has 0 rings (SSSR count). The lowest BCUT2D eigenvalue weighted by atomic mass is 9.99. The first-order valence-electron chi connectivity index (χ1n) is 4.07. The van der Waals surface area contributed by atoms with Gasteiger partial charge in [0.25, 0.3) is 0 Å². The van der Waals surface area contributed by atoms with Crippen LogP contribution in [0.3, 0.4) is 0 Å². The Bertz CT molecular complexity index is 207. The van der Waals surface area contributed by atoms with Crippen molar-refractivity contribution in [3.63, 3.8) is 0 Å². The van der Waals surface area contributed by atoms with E-state index >= 15 is 0 Å². The molecule has 0 saturated heterocycles. The minimum Gasteiger partial charge on any atom is -0.479 e. The molecule has 0 aliphatic heterocycles. The van der Waals surface area contributed by atoms with Crippen molar-refractivity contribution in [1.29, 1.82) is 0 Å². The predicted octanol–water partition coefficient (Wildman–Crippen LogP) is -4.13. The van der Waals surface area contributed by atoms with Crippen molar-refractivity contribution in [2.24, 2.45) is 0 Å². The van der Waals surface area contributed by atoms with Crippen molar-refractivity contribution in [1.82, 2.24) is 0 Å². The van der Waals surface area contributed by atoms with Gasteiger partial charge >= 0.3 is 5.97 Å². The van der Waals surface area contributed by atoms with Crippen molar-refractivity contribution < 1.29 is 40.5 Å². The molecule has 0 heterocycles. The van der Waals surface area contributed by atoms with E-state index in [2.05, 4.69) is 0 Å². The van der Waals surface area contributed by atoms with Crippen molar-refractivity contribution in [2.75, 3.05) is 6.61 Å². The maximum atomic E-state index is 10.2. The average Bonchev–Trinajstić information content (AvgIpc) is 2.23. The van der Waals surface area contributed by atoms with Gasteiger partial charge in [-0.3, -0.25) is 0 Å². The smallest absolute Gasteiger partial charge is 0.335 e. The maximum Gasteiger partial charge on any atom is 0.335 e. The van der Waals surface area contributed by atoms with Gasteiger partial charge in [-0.15, -0.1) is 0 Å². The summed E-state index contributed by atoms with van der Waals surface area (Å²) in [5.41, 5.74) is 0. The minimum atomic E-state index is -2.29. The van der Waals surface area contributed by atoms with Gasteiger partial charge in [0.05, 0.1) is 6.61 Å². The SMILES string of the molecule is O=C(O)[C@@H](O)[C@@H](O)[C@@H](O)[C@@H](O)[C@H](O)CO. The molecule has 0 radical (unpaired) electrons. The second kappa shape index (κ2) is 5.95. The summed E-state index contributed by atoms with van der Waals surface area (Å²) in [4.78, 5) is 10.2. The fourth-order valence-corrected chi connectivity index (χ4v) is 0.870. The number of hydrogen-bond donors (Lipinski definition) is 7. The Morgan fingerprint density at radius 3 is 1.73 bits per heavy atom. The number of aliphatic hydroxyl groups excluding tert-OH is 6. The van der Waals surface area contributed by atoms with E-state index in [1.165, 1.54) is 0 Å². The highest BCUT2D eigenvalue weighted by Gasteiger charge is 2.36. The van der Waals surface area contributed by atoms with E-state index in [-0.39, 0.29) is 0 Å². The molecular formula is C7H14O8. The molecule has 8 nitrogen and oxygen atoms in total. The van der Waals surface area contributed by atoms with Gasteiger partial charge in [-0.05, 0) is 0 Å². The van der Waals surface area contributed by atoms with Gasteiger partial charge in [0.15, 0.2) is 6.10 Å². The van der Waals surface area contributed by atoms with Gasteiger partial charge in [-0.25, -0.2) is 4.79 Å². The number of carboxylic acids is 1. The monoisotopic (exact) mass is 226 g/mol. The molecule has 5 atom stereocenters. The molecular weight excluding hydrogens is 212 g/mol. The zero-order valence-electron chi connectivity index (χ0n) is 7.63. The summed E-state index contributed by atoms with van der Waals surface area (Å²) >= 11 is 0. The van der Waals surface area contributed by atoms with Crippen molar-refractivity contribution in [3.8, 4) is 0 Å². The number of rotatable bonds is 6. The van der Waals surface area contributed by atoms with Crippen LogP contribution in [0.4, 0.5) is 0 Å². The van der Waals surface area contributed by atoms with Crippen LogP contribution in [-0.4, -0.2) is 78.8 Å². The van der Waals surface area contributed by atoms with Crippen LogP contribution in [0.5, 0.6) is 0 Å². The minimum absolute atomic E-state index is 0.881. The summed E-state index contributed by atoms with van der Waals surface area (Å²) in [6.07, 6.45) is -10.2. The molecule has 0 bridgehead atoms. The summed E-state index contributed by atoms with van der Waals surface area (Å²) in [7, 11) is 0. The number of aliphatic hydroxyl groups is 6. The lowest BCUT2D eigenvalue weighted by molar-refractivity contribution is -0.169. The van der Waals surface area contributed by atoms with Crippen LogP contribution in [0, 0.1) is 0 Å². The molecule has 0 amide bonds. The zero-order valence-corrected chi connectivity index (χ0v) is 7.63. The van der Waals surface area contributed by atoms with Crippen LogP contribution < -0.4 is 0 Å². The summed E-state index contributed by atoms with van der Waals surface area (Å²) in [6, 6.07) is 0. The number of aliphatic carboxylic acids is 1. The van der Waals surface area contributed by atoms with Crippen LogP contribution in [0.1, 0.15) is 0 Å². The molecule has 0 aromatic heterocycles. The quantitative estimate of drug-likeness (QED) is 0.240. The third-order valence-electron chi connectivity index (χ3n) is 1.86. The van der Waals surface area contributed by atoms with Gasteiger partial charge < -0.3 is 35.7 Å². The topological polar surface area (TPSA) is 159 Å². The highest BCUT2D eigenvalue weighted by atomic mass is 16.4. The molecule has 0 aliphatic rings. The van der Waals surface area contributed by atoms with Crippen LogP contribution in [0.15, 0.2) is 0 Å². The summed E-state index contributed by atoms with van der Waals surface area (Å²) < 4.78 is 0. The number of carboxylic acid groups (broad SMARTS) is 1. The zero-order chi connectivity index (χ0) is 12.2. The van der Waals surface area contributed by atoms with E-state index in [1.807, 2.05) is 0 Å². The second-order valence-electron chi connectivity index (χ2n) is 3.00. The van der Waals surface area contributed by atoms with Gasteiger partial charge in [-0.2, -0.15) is 0 Å². The summed E-state index contributed by atoms with van der Waals surface area (Å²) in [5, 5.41) is 61.5. The first-order chi connectivity index (χ1) is 6.82. The Hall–Kier alpha value is -0.770. The third-order valence-corrected chi connectivity index (χ3v) is 1.86. The van der Waals surface area contributed by atoms with Crippen LogP contribution in [0.2, 0.25) is 0 Å². The lowest BCUT2D eigenvalue weighted by Crippen LogP contribution is -2.51. The molecule has 0 aromatic carbocycles. The highest BCUT2D eigenvalue weighted by molar-refractivity contribution is 5.72. The molecule has 8 heteroatoms.